The van der Waals surface area contributed by atoms with Gasteiger partial charge in [-0.25, -0.2) is 0 Å². The van der Waals surface area contributed by atoms with Gasteiger partial charge in [0.15, 0.2) is 0 Å². The Balaban J connectivity index is 1.09. The number of hydrogen-bond acceptors (Lipinski definition) is 3. The van der Waals surface area contributed by atoms with Crippen LogP contribution >= 0.6 is 0 Å². The van der Waals surface area contributed by atoms with E-state index in [1.165, 1.54) is 21.9 Å². The molecule has 0 amide bonds. The zero-order chi connectivity index (χ0) is 36.6. The van der Waals surface area contributed by atoms with E-state index < -0.39 is 0 Å². The summed E-state index contributed by atoms with van der Waals surface area (Å²) in [5.74, 6) is 0. The van der Waals surface area contributed by atoms with Gasteiger partial charge < -0.3 is 14.2 Å². The average molecular weight is 705 g/mol. The minimum Gasteiger partial charge on any atom is -0.456 e. The molecule has 0 aliphatic carbocycles. The molecule has 55 heavy (non-hydrogen) atoms. The molecule has 0 unspecified atom stereocenters. The average Bonchev–Trinajstić information content (AvgIpc) is 3.63. The maximum Gasteiger partial charge on any atom is 0.137 e. The van der Waals surface area contributed by atoms with Crippen LogP contribution in [0.5, 0.6) is 0 Å². The van der Waals surface area contributed by atoms with Crippen molar-refractivity contribution in [3.05, 3.63) is 218 Å². The van der Waals surface area contributed by atoms with Crippen molar-refractivity contribution in [3.8, 4) is 22.3 Å². The van der Waals surface area contributed by atoms with Gasteiger partial charge in [0.2, 0.25) is 0 Å². The molecule has 0 aliphatic rings. The lowest BCUT2D eigenvalue weighted by molar-refractivity contribution is 0.669. The summed E-state index contributed by atoms with van der Waals surface area (Å²) >= 11 is 0. The number of furan rings is 1. The lowest BCUT2D eigenvalue weighted by Crippen LogP contribution is -2.12. The van der Waals surface area contributed by atoms with Crippen LogP contribution in [0.4, 0.5) is 34.1 Å². The summed E-state index contributed by atoms with van der Waals surface area (Å²) in [5.41, 5.74) is 12.9. The lowest BCUT2D eigenvalue weighted by atomic mass is 10.00. The molecule has 0 radical (unpaired) electrons. The molecule has 0 fully saturated rings. The van der Waals surface area contributed by atoms with Crippen LogP contribution in [0.1, 0.15) is 0 Å². The fourth-order valence-electron chi connectivity index (χ4n) is 7.83. The van der Waals surface area contributed by atoms with Gasteiger partial charge in [-0.1, -0.05) is 146 Å². The van der Waals surface area contributed by atoms with Crippen LogP contribution in [0.2, 0.25) is 0 Å². The maximum absolute atomic E-state index is 6.37. The molecular weight excluding hydrogens is 669 g/mol. The van der Waals surface area contributed by atoms with Crippen molar-refractivity contribution in [3.63, 3.8) is 0 Å². The number of para-hydroxylation sites is 3. The van der Waals surface area contributed by atoms with Crippen molar-refractivity contribution in [1.82, 2.24) is 0 Å². The predicted molar refractivity (Wildman–Crippen MR) is 231 cm³/mol. The Kier molecular flexibility index (Phi) is 8.16. The second kappa shape index (κ2) is 13.9. The molecule has 3 heteroatoms. The predicted octanol–water partition coefficient (Wildman–Crippen LogP) is 15.0. The Labute approximate surface area is 320 Å². The van der Waals surface area contributed by atoms with Crippen LogP contribution in [0.3, 0.4) is 0 Å². The first-order valence-electron chi connectivity index (χ1n) is 18.7. The first kappa shape index (κ1) is 32.3. The van der Waals surface area contributed by atoms with Crippen molar-refractivity contribution in [2.75, 3.05) is 9.80 Å². The number of fused-ring (bicyclic) bond motifs is 4. The molecule has 9 aromatic carbocycles. The van der Waals surface area contributed by atoms with Crippen LogP contribution in [0, 0.1) is 0 Å². The molecule has 0 spiro atoms. The molecule has 1 heterocycles. The third-order valence-corrected chi connectivity index (χ3v) is 10.5. The van der Waals surface area contributed by atoms with Crippen molar-refractivity contribution >= 4 is 66.8 Å². The third-order valence-electron chi connectivity index (χ3n) is 10.5. The first-order valence-corrected chi connectivity index (χ1v) is 18.7. The summed E-state index contributed by atoms with van der Waals surface area (Å²) in [7, 11) is 0. The minimum atomic E-state index is 0.865. The lowest BCUT2D eigenvalue weighted by Gasteiger charge is -2.29. The Hall–Kier alpha value is -7.36. The quantitative estimate of drug-likeness (QED) is 0.157. The third kappa shape index (κ3) is 5.98. The summed E-state index contributed by atoms with van der Waals surface area (Å²) in [6, 6.07) is 77.5. The summed E-state index contributed by atoms with van der Waals surface area (Å²) in [6.45, 7) is 0. The van der Waals surface area contributed by atoms with Crippen molar-refractivity contribution in [1.29, 1.82) is 0 Å². The van der Waals surface area contributed by atoms with Gasteiger partial charge in [0, 0.05) is 50.5 Å². The van der Waals surface area contributed by atoms with E-state index in [2.05, 4.69) is 216 Å². The largest absolute Gasteiger partial charge is 0.456 e. The van der Waals surface area contributed by atoms with Crippen molar-refractivity contribution < 1.29 is 4.42 Å². The highest BCUT2D eigenvalue weighted by molar-refractivity contribution is 6.06. The van der Waals surface area contributed by atoms with Crippen LogP contribution in [-0.2, 0) is 0 Å². The Morgan fingerprint density at radius 3 is 1.60 bits per heavy atom. The second-order valence-corrected chi connectivity index (χ2v) is 13.8. The molecule has 0 saturated carbocycles. The molecule has 0 bridgehead atoms. The van der Waals surface area contributed by atoms with E-state index in [-0.39, 0.29) is 0 Å². The van der Waals surface area contributed by atoms with Gasteiger partial charge in [-0.05, 0) is 88.8 Å². The molecule has 10 aromatic rings. The van der Waals surface area contributed by atoms with E-state index in [1.807, 2.05) is 12.1 Å². The summed E-state index contributed by atoms with van der Waals surface area (Å²) < 4.78 is 6.37. The van der Waals surface area contributed by atoms with Gasteiger partial charge in [0.05, 0.1) is 11.4 Å². The van der Waals surface area contributed by atoms with E-state index in [0.717, 1.165) is 67.2 Å². The van der Waals surface area contributed by atoms with Crippen LogP contribution < -0.4 is 9.80 Å². The monoisotopic (exact) mass is 704 g/mol. The van der Waals surface area contributed by atoms with E-state index in [9.17, 15) is 0 Å². The van der Waals surface area contributed by atoms with Gasteiger partial charge in [0.1, 0.15) is 11.2 Å². The molecule has 0 aliphatic heterocycles. The zero-order valence-electron chi connectivity index (χ0n) is 30.1. The van der Waals surface area contributed by atoms with Gasteiger partial charge in [0.25, 0.3) is 0 Å². The standard InChI is InChI=1S/C52H36N2O/c1-3-14-37(15-4-1)38-26-30-42(31-27-38)53(44-34-35-48-47-22-10-12-25-51(47)55-52(48)36-44)43-32-28-40(29-33-43)46-21-9-11-23-49(46)54(41-18-5-2-6-19-41)50-24-13-17-39-16-7-8-20-45(39)50/h1-36H. The van der Waals surface area contributed by atoms with Crippen molar-refractivity contribution in [2.24, 2.45) is 0 Å². The van der Waals surface area contributed by atoms with Gasteiger partial charge in [-0.2, -0.15) is 0 Å². The number of benzene rings is 9. The van der Waals surface area contributed by atoms with E-state index in [4.69, 9.17) is 4.42 Å². The smallest absolute Gasteiger partial charge is 0.137 e. The second-order valence-electron chi connectivity index (χ2n) is 13.8. The molecule has 3 nitrogen and oxygen atoms in total. The number of rotatable bonds is 8. The highest BCUT2D eigenvalue weighted by Gasteiger charge is 2.20. The molecule has 260 valence electrons. The highest BCUT2D eigenvalue weighted by Crippen LogP contribution is 2.45. The SMILES string of the molecule is c1ccc(-c2ccc(N(c3ccc(-c4ccccc4N(c4ccccc4)c4cccc5ccccc45)cc3)c3ccc4c(c3)oc3ccccc34)cc2)cc1. The minimum absolute atomic E-state index is 0.865. The first-order chi connectivity index (χ1) is 27.3. The Morgan fingerprint density at radius 2 is 0.818 bits per heavy atom. The molecule has 0 atom stereocenters. The van der Waals surface area contributed by atoms with E-state index in [1.54, 1.807) is 0 Å². The summed E-state index contributed by atoms with van der Waals surface area (Å²) in [6.07, 6.45) is 0. The number of hydrogen-bond donors (Lipinski definition) is 0. The fourth-order valence-corrected chi connectivity index (χ4v) is 7.83. The van der Waals surface area contributed by atoms with Gasteiger partial charge in [-0.3, -0.25) is 0 Å². The normalized spacial score (nSPS) is 11.3. The molecule has 0 N–H and O–H groups in total. The topological polar surface area (TPSA) is 19.6 Å². The fraction of sp³-hybridized carbons (Fsp3) is 0. The molecule has 1 aromatic heterocycles. The number of anilines is 6. The maximum atomic E-state index is 6.37. The molecule has 0 saturated heterocycles. The van der Waals surface area contributed by atoms with Crippen LogP contribution in [0.15, 0.2) is 223 Å². The van der Waals surface area contributed by atoms with E-state index >= 15 is 0 Å². The Bertz CT molecular complexity index is 2910. The molecule has 10 rings (SSSR count). The molecular formula is C52H36N2O. The van der Waals surface area contributed by atoms with Crippen LogP contribution in [0.25, 0.3) is 55.0 Å². The number of nitrogens with zero attached hydrogens (tertiary/aromatic N) is 2. The Morgan fingerprint density at radius 1 is 0.291 bits per heavy atom. The summed E-state index contributed by atoms with van der Waals surface area (Å²) in [5, 5.41) is 4.65. The summed E-state index contributed by atoms with van der Waals surface area (Å²) in [4.78, 5) is 4.69. The van der Waals surface area contributed by atoms with Crippen molar-refractivity contribution in [2.45, 2.75) is 0 Å². The van der Waals surface area contributed by atoms with E-state index in [0.29, 0.717) is 0 Å². The van der Waals surface area contributed by atoms with Gasteiger partial charge in [-0.15, -0.1) is 0 Å². The van der Waals surface area contributed by atoms with Gasteiger partial charge >= 0.3 is 0 Å². The highest BCUT2D eigenvalue weighted by atomic mass is 16.3. The zero-order valence-corrected chi connectivity index (χ0v) is 30.1. The van der Waals surface area contributed by atoms with Crippen LogP contribution in [-0.4, -0.2) is 0 Å².